The molecule has 0 saturated heterocycles. The molecule has 5 aromatic carbocycles. The molecule has 0 bridgehead atoms. The van der Waals surface area contributed by atoms with Crippen LogP contribution in [0.5, 0.6) is 0 Å². The van der Waals surface area contributed by atoms with Crippen molar-refractivity contribution in [2.45, 2.75) is 6.92 Å². The molecule has 0 aliphatic heterocycles. The number of aryl methyl sites for hydroxylation is 1. The van der Waals surface area contributed by atoms with Crippen molar-refractivity contribution in [2.75, 3.05) is 0 Å². The summed E-state index contributed by atoms with van der Waals surface area (Å²) in [5, 5.41) is 14.0. The van der Waals surface area contributed by atoms with Crippen LogP contribution >= 0.6 is 0 Å². The predicted octanol–water partition coefficient (Wildman–Crippen LogP) is 10.7. The maximum atomic E-state index is 9.94. The van der Waals surface area contributed by atoms with E-state index in [1.54, 1.807) is 6.20 Å². The van der Waals surface area contributed by atoms with Crippen LogP contribution in [0.1, 0.15) is 11.1 Å². The third-order valence-electron chi connectivity index (χ3n) is 8.21. The standard InChI is InChI=1S/C30H15N2O2.C12H10N.Ir/c31-17-19-12-14-23-22-7-5-8-24(25-9-3-4-15-32-25)29(22)34-30(23)28(19)18-11-13-21-20-6-1-2-10-26(20)33-27(21)16-18;1-10-7-8-12(13-9-10)11-5-3-2-4-6-11;/h1-7,9-16H;2-5,7-9H,1H3;/q2*-1;. The van der Waals surface area contributed by atoms with Gasteiger partial charge in [0.2, 0.25) is 0 Å². The smallest absolute Gasteiger partial charge is 0.136 e. The largest absolute Gasteiger partial charge is 0.500 e. The van der Waals surface area contributed by atoms with E-state index in [4.69, 9.17) is 8.83 Å². The quantitative estimate of drug-likeness (QED) is 0.167. The van der Waals surface area contributed by atoms with E-state index in [-0.39, 0.29) is 20.1 Å². The molecule has 9 rings (SSSR count). The van der Waals surface area contributed by atoms with Gasteiger partial charge in [0.25, 0.3) is 0 Å². The summed E-state index contributed by atoms with van der Waals surface area (Å²) in [7, 11) is 0. The minimum Gasteiger partial charge on any atom is -0.500 e. The zero-order chi connectivity index (χ0) is 31.7. The summed E-state index contributed by atoms with van der Waals surface area (Å²) in [5.74, 6) is 0. The van der Waals surface area contributed by atoms with Gasteiger partial charge in [-0.2, -0.15) is 5.26 Å². The summed E-state index contributed by atoms with van der Waals surface area (Å²) in [6.07, 6.45) is 3.63. The maximum Gasteiger partial charge on any atom is 0.136 e. The molecule has 0 spiro atoms. The van der Waals surface area contributed by atoms with Gasteiger partial charge in [-0.1, -0.05) is 65.5 Å². The Labute approximate surface area is 290 Å². The Kier molecular flexibility index (Phi) is 8.40. The number of benzene rings is 5. The van der Waals surface area contributed by atoms with Crippen molar-refractivity contribution in [3.63, 3.8) is 0 Å². The van der Waals surface area contributed by atoms with Crippen molar-refractivity contribution in [1.29, 1.82) is 5.26 Å². The summed E-state index contributed by atoms with van der Waals surface area (Å²) >= 11 is 0. The van der Waals surface area contributed by atoms with Gasteiger partial charge in [-0.15, -0.1) is 54.1 Å². The minimum absolute atomic E-state index is 0. The minimum atomic E-state index is 0. The van der Waals surface area contributed by atoms with Gasteiger partial charge in [-0.25, -0.2) is 0 Å². The van der Waals surface area contributed by atoms with Crippen LogP contribution in [0.15, 0.2) is 143 Å². The molecule has 231 valence electrons. The number of nitrogens with zero attached hydrogens (tertiary/aromatic N) is 3. The summed E-state index contributed by atoms with van der Waals surface area (Å²) in [4.78, 5) is 8.80. The van der Waals surface area contributed by atoms with E-state index in [1.807, 2.05) is 122 Å². The van der Waals surface area contributed by atoms with Gasteiger partial charge in [-0.05, 0) is 59.8 Å². The molecule has 0 unspecified atom stereocenters. The fourth-order valence-corrected chi connectivity index (χ4v) is 5.95. The Hall–Kier alpha value is -5.86. The number of hydrogen-bond acceptors (Lipinski definition) is 5. The van der Waals surface area contributed by atoms with Gasteiger partial charge in [0.05, 0.1) is 17.2 Å². The van der Waals surface area contributed by atoms with Crippen LogP contribution in [0, 0.1) is 30.4 Å². The zero-order valence-electron chi connectivity index (χ0n) is 25.7. The number of fused-ring (bicyclic) bond motifs is 6. The van der Waals surface area contributed by atoms with E-state index in [9.17, 15) is 5.26 Å². The second-order valence-electron chi connectivity index (χ2n) is 11.2. The number of rotatable bonds is 3. The van der Waals surface area contributed by atoms with Crippen LogP contribution in [-0.4, -0.2) is 9.97 Å². The van der Waals surface area contributed by atoms with Crippen LogP contribution in [0.4, 0.5) is 0 Å². The normalized spacial score (nSPS) is 10.8. The van der Waals surface area contributed by atoms with E-state index in [1.165, 1.54) is 5.56 Å². The molecule has 0 aliphatic carbocycles. The van der Waals surface area contributed by atoms with Crippen molar-refractivity contribution in [3.05, 3.63) is 157 Å². The van der Waals surface area contributed by atoms with Crippen molar-refractivity contribution in [1.82, 2.24) is 9.97 Å². The van der Waals surface area contributed by atoms with Gasteiger partial charge in [0.1, 0.15) is 16.7 Å². The Morgan fingerprint density at radius 2 is 1.46 bits per heavy atom. The number of hydrogen-bond donors (Lipinski definition) is 0. The Balaban J connectivity index is 0.000000220. The molecule has 4 heterocycles. The second kappa shape index (κ2) is 13.1. The molecule has 0 saturated carbocycles. The fourth-order valence-electron chi connectivity index (χ4n) is 5.95. The first-order valence-electron chi connectivity index (χ1n) is 15.2. The average Bonchev–Trinajstić information content (AvgIpc) is 3.70. The van der Waals surface area contributed by atoms with Crippen molar-refractivity contribution >= 4 is 43.9 Å². The molecular formula is C42H25IrN3O2-2. The van der Waals surface area contributed by atoms with Crippen LogP contribution in [0.25, 0.3) is 77.5 Å². The van der Waals surface area contributed by atoms with Crippen molar-refractivity contribution < 1.29 is 28.9 Å². The van der Waals surface area contributed by atoms with E-state index < -0.39 is 0 Å². The van der Waals surface area contributed by atoms with E-state index in [0.29, 0.717) is 16.7 Å². The summed E-state index contributed by atoms with van der Waals surface area (Å²) < 4.78 is 12.6. The molecule has 0 N–H and O–H groups in total. The topological polar surface area (TPSA) is 75.8 Å². The van der Waals surface area contributed by atoms with E-state index in [2.05, 4.69) is 40.3 Å². The van der Waals surface area contributed by atoms with Gasteiger partial charge in [0, 0.05) is 54.2 Å². The van der Waals surface area contributed by atoms with Gasteiger partial charge in [-0.3, -0.25) is 0 Å². The molecule has 9 aromatic rings. The molecule has 0 amide bonds. The first kappa shape index (κ1) is 30.8. The average molecular weight is 796 g/mol. The van der Waals surface area contributed by atoms with Gasteiger partial charge in [0.15, 0.2) is 0 Å². The number of furan rings is 2. The second-order valence-corrected chi connectivity index (χ2v) is 11.2. The number of para-hydroxylation sites is 1. The SMILES string of the molecule is Cc1ccc(-c2[c-]cccc2)nc1.N#Cc1ccc2c(oc3c(-c4ccccn4)[c-]ccc32)c1-c1ccc2c(c1)oc1ccccc12.[Ir]. The first-order chi connectivity index (χ1) is 23.2. The van der Waals surface area contributed by atoms with Gasteiger partial charge < -0.3 is 18.8 Å². The summed E-state index contributed by atoms with van der Waals surface area (Å²) in [6, 6.07) is 48.2. The van der Waals surface area contributed by atoms with Crippen molar-refractivity contribution in [2.24, 2.45) is 0 Å². The molecule has 0 fully saturated rings. The molecule has 0 aliphatic rings. The van der Waals surface area contributed by atoms with Crippen LogP contribution in [0.2, 0.25) is 0 Å². The van der Waals surface area contributed by atoms with Crippen LogP contribution < -0.4 is 0 Å². The third kappa shape index (κ3) is 5.56. The Bertz CT molecular complexity index is 2580. The molecule has 48 heavy (non-hydrogen) atoms. The third-order valence-corrected chi connectivity index (χ3v) is 8.21. The Morgan fingerprint density at radius 3 is 2.25 bits per heavy atom. The predicted molar refractivity (Wildman–Crippen MR) is 186 cm³/mol. The molecule has 4 aromatic heterocycles. The van der Waals surface area contributed by atoms with Crippen LogP contribution in [-0.2, 0) is 20.1 Å². The van der Waals surface area contributed by atoms with Crippen molar-refractivity contribution in [3.8, 4) is 39.7 Å². The summed E-state index contributed by atoms with van der Waals surface area (Å²) in [6.45, 7) is 2.03. The summed E-state index contributed by atoms with van der Waals surface area (Å²) in [5.41, 5.74) is 9.95. The molecule has 1 radical (unpaired) electrons. The zero-order valence-corrected chi connectivity index (χ0v) is 28.1. The molecule has 5 nitrogen and oxygen atoms in total. The maximum absolute atomic E-state index is 9.94. The Morgan fingerprint density at radius 1 is 0.646 bits per heavy atom. The molecular weight excluding hydrogens is 771 g/mol. The number of aromatic nitrogens is 2. The van der Waals surface area contributed by atoms with Crippen LogP contribution in [0.3, 0.4) is 0 Å². The first-order valence-corrected chi connectivity index (χ1v) is 15.2. The molecule has 0 atom stereocenters. The van der Waals surface area contributed by atoms with Gasteiger partial charge >= 0.3 is 0 Å². The number of nitriles is 1. The number of pyridine rings is 2. The fraction of sp³-hybridized carbons (Fsp3) is 0.0238. The van der Waals surface area contributed by atoms with E-state index in [0.717, 1.165) is 66.4 Å². The molecule has 6 heteroatoms. The monoisotopic (exact) mass is 796 g/mol. The van der Waals surface area contributed by atoms with E-state index >= 15 is 0 Å².